The maximum Gasteiger partial charge on any atom is 0.240 e. The standard InChI is InChI=1S/C17H28N2O2/c1-13(2)17(21)14-9-10-19(11-14)12-16(20)18-15-7-5-3-4-6-8-15/h9-11,13,15,17,21H,3-8,12H2,1-2H3,(H,18,20). The number of hydrogen-bond acceptors (Lipinski definition) is 2. The number of amides is 1. The van der Waals surface area contributed by atoms with E-state index in [9.17, 15) is 9.90 Å². The SMILES string of the molecule is CC(C)C(O)c1ccn(CC(=O)NC2CCCCCC2)c1. The predicted molar refractivity (Wildman–Crippen MR) is 83.9 cm³/mol. The van der Waals surface area contributed by atoms with Gasteiger partial charge in [-0.2, -0.15) is 0 Å². The lowest BCUT2D eigenvalue weighted by atomic mass is 10.0. The minimum atomic E-state index is -0.462. The van der Waals surface area contributed by atoms with E-state index >= 15 is 0 Å². The Balaban J connectivity index is 1.84. The van der Waals surface area contributed by atoms with Crippen molar-refractivity contribution in [1.29, 1.82) is 0 Å². The molecule has 1 unspecified atom stereocenters. The Morgan fingerprint density at radius 1 is 1.33 bits per heavy atom. The molecule has 4 heteroatoms. The maximum absolute atomic E-state index is 12.1. The molecule has 1 aliphatic rings. The molecule has 0 aromatic carbocycles. The molecule has 0 radical (unpaired) electrons. The molecule has 4 nitrogen and oxygen atoms in total. The van der Waals surface area contributed by atoms with Crippen LogP contribution in [0.2, 0.25) is 0 Å². The number of carbonyl (C=O) groups excluding carboxylic acids is 1. The first-order valence-electron chi connectivity index (χ1n) is 8.19. The minimum absolute atomic E-state index is 0.0723. The highest BCUT2D eigenvalue weighted by Gasteiger charge is 2.16. The summed E-state index contributed by atoms with van der Waals surface area (Å²) in [4.78, 5) is 12.1. The Labute approximate surface area is 127 Å². The second-order valence-corrected chi connectivity index (χ2v) is 6.56. The van der Waals surface area contributed by atoms with Gasteiger partial charge in [0.2, 0.25) is 5.91 Å². The molecule has 1 aliphatic carbocycles. The highest BCUT2D eigenvalue weighted by atomic mass is 16.3. The number of hydrogen-bond donors (Lipinski definition) is 2. The van der Waals surface area contributed by atoms with Gasteiger partial charge in [0.05, 0.1) is 6.10 Å². The smallest absolute Gasteiger partial charge is 0.240 e. The zero-order chi connectivity index (χ0) is 15.2. The summed E-state index contributed by atoms with van der Waals surface area (Å²) in [5.41, 5.74) is 0.882. The second kappa shape index (κ2) is 7.64. The third kappa shape index (κ3) is 4.88. The Morgan fingerprint density at radius 3 is 2.62 bits per heavy atom. The Kier molecular flexibility index (Phi) is 5.85. The van der Waals surface area contributed by atoms with Crippen molar-refractivity contribution in [2.45, 2.75) is 71.1 Å². The van der Waals surface area contributed by atoms with Gasteiger partial charge < -0.3 is 15.0 Å². The summed E-state index contributed by atoms with van der Waals surface area (Å²) >= 11 is 0. The molecule has 21 heavy (non-hydrogen) atoms. The lowest BCUT2D eigenvalue weighted by molar-refractivity contribution is -0.122. The lowest BCUT2D eigenvalue weighted by Gasteiger charge is -2.16. The van der Waals surface area contributed by atoms with Crippen LogP contribution in [0, 0.1) is 5.92 Å². The average Bonchev–Trinajstić information content (AvgIpc) is 2.74. The van der Waals surface area contributed by atoms with Crippen molar-refractivity contribution < 1.29 is 9.90 Å². The maximum atomic E-state index is 12.1. The van der Waals surface area contributed by atoms with Crippen LogP contribution in [-0.2, 0) is 11.3 Å². The van der Waals surface area contributed by atoms with E-state index in [-0.39, 0.29) is 11.8 Å². The second-order valence-electron chi connectivity index (χ2n) is 6.56. The monoisotopic (exact) mass is 292 g/mol. The summed E-state index contributed by atoms with van der Waals surface area (Å²) in [6.07, 6.45) is 10.5. The summed E-state index contributed by atoms with van der Waals surface area (Å²) < 4.78 is 1.85. The quantitative estimate of drug-likeness (QED) is 0.820. The molecule has 1 aromatic heterocycles. The van der Waals surface area contributed by atoms with Gasteiger partial charge in [0.1, 0.15) is 6.54 Å². The van der Waals surface area contributed by atoms with Gasteiger partial charge in [0, 0.05) is 18.4 Å². The molecule has 118 valence electrons. The zero-order valence-corrected chi connectivity index (χ0v) is 13.2. The fourth-order valence-electron chi connectivity index (χ4n) is 2.98. The third-order valence-electron chi connectivity index (χ3n) is 4.29. The van der Waals surface area contributed by atoms with E-state index < -0.39 is 6.10 Å². The van der Waals surface area contributed by atoms with Crippen molar-refractivity contribution in [2.24, 2.45) is 5.92 Å². The first kappa shape index (κ1) is 16.1. The molecule has 1 heterocycles. The van der Waals surface area contributed by atoms with Crippen LogP contribution in [0.1, 0.15) is 64.0 Å². The van der Waals surface area contributed by atoms with Crippen LogP contribution in [0.3, 0.4) is 0 Å². The normalized spacial score (nSPS) is 18.5. The number of rotatable bonds is 5. The summed E-state index contributed by atoms with van der Waals surface area (Å²) in [5.74, 6) is 0.253. The molecular formula is C17H28N2O2. The van der Waals surface area contributed by atoms with Crippen molar-refractivity contribution in [3.63, 3.8) is 0 Å². The van der Waals surface area contributed by atoms with Crippen LogP contribution in [0.4, 0.5) is 0 Å². The van der Waals surface area contributed by atoms with Crippen LogP contribution in [-0.4, -0.2) is 21.6 Å². The fraction of sp³-hybridized carbons (Fsp3) is 0.706. The van der Waals surface area contributed by atoms with Crippen LogP contribution in [0.25, 0.3) is 0 Å². The van der Waals surface area contributed by atoms with E-state index in [0.29, 0.717) is 12.6 Å². The van der Waals surface area contributed by atoms with Gasteiger partial charge in [0.15, 0.2) is 0 Å². The number of carbonyl (C=O) groups is 1. The van der Waals surface area contributed by atoms with Crippen molar-refractivity contribution in [1.82, 2.24) is 9.88 Å². The molecule has 1 atom stereocenters. The van der Waals surface area contributed by atoms with Crippen LogP contribution >= 0.6 is 0 Å². The van der Waals surface area contributed by atoms with Gasteiger partial charge in [-0.05, 0) is 30.4 Å². The van der Waals surface area contributed by atoms with Crippen molar-refractivity contribution in [2.75, 3.05) is 0 Å². The molecule has 2 rings (SSSR count). The molecule has 0 bridgehead atoms. The molecule has 0 spiro atoms. The lowest BCUT2D eigenvalue weighted by Crippen LogP contribution is -2.36. The van der Waals surface area contributed by atoms with Gasteiger partial charge in [-0.3, -0.25) is 4.79 Å². The Bertz CT molecular complexity index is 445. The van der Waals surface area contributed by atoms with Gasteiger partial charge in [-0.15, -0.1) is 0 Å². The fourth-order valence-corrected chi connectivity index (χ4v) is 2.98. The van der Waals surface area contributed by atoms with Gasteiger partial charge in [-0.25, -0.2) is 0 Å². The number of aliphatic hydroxyl groups excluding tert-OH is 1. The number of nitrogens with zero attached hydrogens (tertiary/aromatic N) is 1. The van der Waals surface area contributed by atoms with E-state index in [2.05, 4.69) is 5.32 Å². The summed E-state index contributed by atoms with van der Waals surface area (Å²) in [7, 11) is 0. The summed E-state index contributed by atoms with van der Waals surface area (Å²) in [5, 5.41) is 13.2. The molecular weight excluding hydrogens is 264 g/mol. The molecule has 1 amide bonds. The van der Waals surface area contributed by atoms with Gasteiger partial charge in [-0.1, -0.05) is 39.5 Å². The first-order valence-corrected chi connectivity index (χ1v) is 8.19. The highest BCUT2D eigenvalue weighted by Crippen LogP contribution is 2.21. The number of nitrogens with one attached hydrogen (secondary N) is 1. The molecule has 0 aliphatic heterocycles. The molecule has 0 saturated heterocycles. The Hall–Kier alpha value is -1.29. The summed E-state index contributed by atoms with van der Waals surface area (Å²) in [6.45, 7) is 4.31. The van der Waals surface area contributed by atoms with E-state index in [0.717, 1.165) is 18.4 Å². The van der Waals surface area contributed by atoms with Crippen LogP contribution in [0.5, 0.6) is 0 Å². The Morgan fingerprint density at radius 2 is 2.00 bits per heavy atom. The third-order valence-corrected chi connectivity index (χ3v) is 4.29. The van der Waals surface area contributed by atoms with Crippen molar-refractivity contribution in [3.05, 3.63) is 24.0 Å². The number of aliphatic hydroxyl groups is 1. The van der Waals surface area contributed by atoms with E-state index in [1.807, 2.05) is 36.9 Å². The predicted octanol–water partition coefficient (Wildman–Crippen LogP) is 3.02. The molecule has 1 fully saturated rings. The van der Waals surface area contributed by atoms with E-state index in [1.54, 1.807) is 0 Å². The minimum Gasteiger partial charge on any atom is -0.388 e. The van der Waals surface area contributed by atoms with Crippen LogP contribution < -0.4 is 5.32 Å². The van der Waals surface area contributed by atoms with Crippen molar-refractivity contribution >= 4 is 5.91 Å². The number of aromatic nitrogens is 1. The topological polar surface area (TPSA) is 54.3 Å². The van der Waals surface area contributed by atoms with E-state index in [1.165, 1.54) is 25.7 Å². The van der Waals surface area contributed by atoms with Crippen molar-refractivity contribution in [3.8, 4) is 0 Å². The molecule has 1 saturated carbocycles. The highest BCUT2D eigenvalue weighted by molar-refractivity contribution is 5.76. The first-order chi connectivity index (χ1) is 10.1. The van der Waals surface area contributed by atoms with Gasteiger partial charge in [0.25, 0.3) is 0 Å². The van der Waals surface area contributed by atoms with Gasteiger partial charge >= 0.3 is 0 Å². The van der Waals surface area contributed by atoms with Crippen LogP contribution in [0.15, 0.2) is 18.5 Å². The zero-order valence-electron chi connectivity index (χ0n) is 13.2. The summed E-state index contributed by atoms with van der Waals surface area (Å²) in [6, 6.07) is 2.24. The van der Waals surface area contributed by atoms with E-state index in [4.69, 9.17) is 0 Å². The average molecular weight is 292 g/mol. The molecule has 2 N–H and O–H groups in total. The molecule has 1 aromatic rings. The largest absolute Gasteiger partial charge is 0.388 e.